The number of nitrogen functional groups attached to an aromatic ring is 1. The predicted molar refractivity (Wildman–Crippen MR) is 66.2 cm³/mol. The van der Waals surface area contributed by atoms with Gasteiger partial charge in [0.05, 0.1) is 12.8 Å². The molecule has 0 saturated heterocycles. The van der Waals surface area contributed by atoms with Crippen LogP contribution in [-0.2, 0) is 0 Å². The molecular formula is C13H14N2O. The maximum atomic E-state index is 5.36. The van der Waals surface area contributed by atoms with Crippen molar-refractivity contribution in [1.82, 2.24) is 0 Å². The van der Waals surface area contributed by atoms with Crippen LogP contribution in [0.3, 0.4) is 0 Å². The monoisotopic (exact) mass is 214 g/mol. The third-order valence-corrected chi connectivity index (χ3v) is 2.45. The highest BCUT2D eigenvalue weighted by Gasteiger charge is 2.05. The molecule has 0 bridgehead atoms. The van der Waals surface area contributed by atoms with E-state index in [1.165, 1.54) is 0 Å². The van der Waals surface area contributed by atoms with Gasteiger partial charge in [-0.2, -0.15) is 0 Å². The molecule has 0 aliphatic rings. The van der Waals surface area contributed by atoms with Crippen LogP contribution in [0.5, 0.6) is 5.75 Å². The Morgan fingerprint density at radius 2 is 1.81 bits per heavy atom. The van der Waals surface area contributed by atoms with E-state index in [1.54, 1.807) is 7.11 Å². The summed E-state index contributed by atoms with van der Waals surface area (Å²) < 4.78 is 5.35. The van der Waals surface area contributed by atoms with Crippen molar-refractivity contribution >= 4 is 5.69 Å². The maximum Gasteiger partial charge on any atom is 0.128 e. The lowest BCUT2D eigenvalue weighted by molar-refractivity contribution is 0.416. The summed E-state index contributed by atoms with van der Waals surface area (Å²) in [7, 11) is 1.65. The van der Waals surface area contributed by atoms with Crippen LogP contribution in [0.4, 0.5) is 5.69 Å². The first-order valence-electron chi connectivity index (χ1n) is 5.05. The molecule has 3 nitrogen and oxygen atoms in total. The van der Waals surface area contributed by atoms with E-state index < -0.39 is 0 Å². The Labute approximate surface area is 94.8 Å². The second kappa shape index (κ2) is 4.68. The smallest absolute Gasteiger partial charge is 0.128 e. The quantitative estimate of drug-likeness (QED) is 0.610. The third-order valence-electron chi connectivity index (χ3n) is 2.45. The normalized spacial score (nSPS) is 9.88. The van der Waals surface area contributed by atoms with Gasteiger partial charge in [-0.1, -0.05) is 30.3 Å². The summed E-state index contributed by atoms with van der Waals surface area (Å²) >= 11 is 0. The van der Waals surface area contributed by atoms with Gasteiger partial charge in [-0.05, 0) is 17.7 Å². The fraction of sp³-hybridized carbons (Fsp3) is 0.0769. The molecule has 0 amide bonds. The van der Waals surface area contributed by atoms with E-state index in [2.05, 4.69) is 5.43 Å². The number of benzene rings is 2. The van der Waals surface area contributed by atoms with Crippen molar-refractivity contribution in [2.45, 2.75) is 0 Å². The van der Waals surface area contributed by atoms with Crippen molar-refractivity contribution in [3.63, 3.8) is 0 Å². The van der Waals surface area contributed by atoms with E-state index in [-0.39, 0.29) is 0 Å². The van der Waals surface area contributed by atoms with Crippen molar-refractivity contribution < 1.29 is 4.74 Å². The van der Waals surface area contributed by atoms with Gasteiger partial charge in [0.1, 0.15) is 5.75 Å². The summed E-state index contributed by atoms with van der Waals surface area (Å²) in [4.78, 5) is 0. The first kappa shape index (κ1) is 10.5. The Bertz CT molecular complexity index is 469. The topological polar surface area (TPSA) is 47.3 Å². The molecule has 2 aromatic rings. The van der Waals surface area contributed by atoms with Gasteiger partial charge in [0, 0.05) is 11.6 Å². The fourth-order valence-electron chi connectivity index (χ4n) is 1.64. The lowest BCUT2D eigenvalue weighted by Crippen LogP contribution is -2.06. The van der Waals surface area contributed by atoms with Gasteiger partial charge < -0.3 is 10.2 Å². The molecule has 0 unspecified atom stereocenters. The van der Waals surface area contributed by atoms with Crippen LogP contribution >= 0.6 is 0 Å². The second-order valence-electron chi connectivity index (χ2n) is 3.43. The minimum absolute atomic E-state index is 0.807. The molecule has 16 heavy (non-hydrogen) atoms. The van der Waals surface area contributed by atoms with Crippen LogP contribution in [0.2, 0.25) is 0 Å². The molecule has 0 aliphatic heterocycles. The first-order valence-corrected chi connectivity index (χ1v) is 5.05. The molecule has 0 aromatic heterocycles. The summed E-state index contributed by atoms with van der Waals surface area (Å²) in [6, 6.07) is 15.9. The minimum Gasteiger partial charge on any atom is -0.496 e. The number of ether oxygens (including phenoxy) is 1. The highest BCUT2D eigenvalue weighted by Crippen LogP contribution is 2.31. The fourth-order valence-corrected chi connectivity index (χ4v) is 1.64. The molecule has 0 spiro atoms. The Balaban J connectivity index is 2.49. The molecule has 3 N–H and O–H groups in total. The Kier molecular flexibility index (Phi) is 3.08. The largest absolute Gasteiger partial charge is 0.496 e. The van der Waals surface area contributed by atoms with Gasteiger partial charge >= 0.3 is 0 Å². The van der Waals surface area contributed by atoms with Crippen molar-refractivity contribution in [3.8, 4) is 16.9 Å². The molecule has 0 heterocycles. The van der Waals surface area contributed by atoms with Crippen LogP contribution in [-0.4, -0.2) is 7.11 Å². The molecule has 3 heteroatoms. The molecule has 0 atom stereocenters. The Morgan fingerprint density at radius 1 is 1.06 bits per heavy atom. The van der Waals surface area contributed by atoms with Crippen LogP contribution in [0.25, 0.3) is 11.1 Å². The van der Waals surface area contributed by atoms with E-state index in [0.717, 1.165) is 22.6 Å². The predicted octanol–water partition coefficient (Wildman–Crippen LogP) is 2.65. The highest BCUT2D eigenvalue weighted by atomic mass is 16.5. The molecule has 82 valence electrons. The number of methoxy groups -OCH3 is 1. The number of hydrogen-bond acceptors (Lipinski definition) is 3. The first-order chi connectivity index (χ1) is 7.85. The van der Waals surface area contributed by atoms with Gasteiger partial charge in [-0.15, -0.1) is 0 Å². The number of anilines is 1. The van der Waals surface area contributed by atoms with Gasteiger partial charge in [-0.3, -0.25) is 5.84 Å². The summed E-state index contributed by atoms with van der Waals surface area (Å²) in [5, 5.41) is 0. The van der Waals surface area contributed by atoms with Gasteiger partial charge in [0.2, 0.25) is 0 Å². The molecule has 2 rings (SSSR count). The van der Waals surface area contributed by atoms with Gasteiger partial charge in [0.25, 0.3) is 0 Å². The van der Waals surface area contributed by atoms with Crippen molar-refractivity contribution in [3.05, 3.63) is 48.5 Å². The van der Waals surface area contributed by atoms with Crippen molar-refractivity contribution in [2.75, 3.05) is 12.5 Å². The molecule has 0 aliphatic carbocycles. The number of nitrogens with two attached hydrogens (primary N) is 1. The zero-order valence-electron chi connectivity index (χ0n) is 9.10. The Hall–Kier alpha value is -2.00. The standard InChI is InChI=1S/C13H14N2O/c1-16-13-9-11(15-14)7-8-12(13)10-5-3-2-4-6-10/h2-9,15H,14H2,1H3. The SMILES string of the molecule is COc1cc(NN)ccc1-c1ccccc1. The average Bonchev–Trinajstić information content (AvgIpc) is 2.39. The van der Waals surface area contributed by atoms with Crippen LogP contribution < -0.4 is 16.0 Å². The lowest BCUT2D eigenvalue weighted by atomic mass is 10.0. The van der Waals surface area contributed by atoms with E-state index in [1.807, 2.05) is 48.5 Å². The van der Waals surface area contributed by atoms with Crippen LogP contribution in [0.1, 0.15) is 0 Å². The molecule has 0 saturated carbocycles. The van der Waals surface area contributed by atoms with Crippen molar-refractivity contribution in [2.24, 2.45) is 5.84 Å². The van der Waals surface area contributed by atoms with Gasteiger partial charge in [-0.25, -0.2) is 0 Å². The molecule has 0 radical (unpaired) electrons. The summed E-state index contributed by atoms with van der Waals surface area (Å²) in [5.41, 5.74) is 5.62. The summed E-state index contributed by atoms with van der Waals surface area (Å²) in [6.07, 6.45) is 0. The zero-order valence-corrected chi connectivity index (χ0v) is 9.10. The van der Waals surface area contributed by atoms with E-state index in [4.69, 9.17) is 10.6 Å². The van der Waals surface area contributed by atoms with E-state index in [0.29, 0.717) is 0 Å². The second-order valence-corrected chi connectivity index (χ2v) is 3.43. The average molecular weight is 214 g/mol. The number of nitrogens with one attached hydrogen (secondary N) is 1. The summed E-state index contributed by atoms with van der Waals surface area (Å²) in [6.45, 7) is 0. The zero-order chi connectivity index (χ0) is 11.4. The van der Waals surface area contributed by atoms with Gasteiger partial charge in [0.15, 0.2) is 0 Å². The summed E-state index contributed by atoms with van der Waals surface area (Å²) in [5.74, 6) is 6.16. The number of hydrogen-bond donors (Lipinski definition) is 2. The highest BCUT2D eigenvalue weighted by molar-refractivity contribution is 5.73. The lowest BCUT2D eigenvalue weighted by Gasteiger charge is -2.10. The van der Waals surface area contributed by atoms with Crippen molar-refractivity contribution in [1.29, 1.82) is 0 Å². The number of rotatable bonds is 3. The maximum absolute atomic E-state index is 5.36. The minimum atomic E-state index is 0.807. The van der Waals surface area contributed by atoms with E-state index in [9.17, 15) is 0 Å². The molecule has 2 aromatic carbocycles. The number of hydrazine groups is 1. The van der Waals surface area contributed by atoms with E-state index >= 15 is 0 Å². The Morgan fingerprint density at radius 3 is 2.44 bits per heavy atom. The molecular weight excluding hydrogens is 200 g/mol. The molecule has 0 fully saturated rings. The third kappa shape index (κ3) is 1.99. The van der Waals surface area contributed by atoms with Crippen LogP contribution in [0, 0.1) is 0 Å². The van der Waals surface area contributed by atoms with Crippen LogP contribution in [0.15, 0.2) is 48.5 Å².